The number of ketones is 1. The van der Waals surface area contributed by atoms with E-state index in [4.69, 9.17) is 4.74 Å². The molecule has 4 fully saturated rings. The molecule has 4 heteroatoms. The zero-order valence-corrected chi connectivity index (χ0v) is 18.4. The number of hydrogen-bond acceptors (Lipinski definition) is 4. The minimum atomic E-state index is 0.0909. The van der Waals surface area contributed by atoms with Crippen LogP contribution in [0.4, 0.5) is 0 Å². The summed E-state index contributed by atoms with van der Waals surface area (Å²) in [6.45, 7) is 7.58. The van der Waals surface area contributed by atoms with Crippen LogP contribution in [0, 0.1) is 28.6 Å². The van der Waals surface area contributed by atoms with Gasteiger partial charge in [-0.2, -0.15) is 0 Å². The molecule has 1 unspecified atom stereocenters. The van der Waals surface area contributed by atoms with Crippen molar-refractivity contribution in [1.82, 2.24) is 0 Å². The van der Waals surface area contributed by atoms with Crippen molar-refractivity contribution < 1.29 is 14.3 Å². The van der Waals surface area contributed by atoms with Gasteiger partial charge in [-0.15, -0.1) is 0 Å². The topological polar surface area (TPSA) is 43.4 Å². The van der Waals surface area contributed by atoms with Gasteiger partial charge in [0.2, 0.25) is 0 Å². The maximum atomic E-state index is 12.2. The minimum Gasteiger partial charge on any atom is -0.374 e. The first-order valence-electron chi connectivity index (χ1n) is 11.3. The van der Waals surface area contributed by atoms with E-state index >= 15 is 0 Å². The smallest absolute Gasteiger partial charge is 0.186 e. The van der Waals surface area contributed by atoms with Crippen LogP contribution in [0.1, 0.15) is 78.6 Å². The molecule has 0 bridgehead atoms. The van der Waals surface area contributed by atoms with E-state index in [1.54, 1.807) is 18.7 Å². The summed E-state index contributed by atoms with van der Waals surface area (Å²) in [5.74, 6) is 2.12. The van der Waals surface area contributed by atoms with Crippen molar-refractivity contribution >= 4 is 22.7 Å². The number of rotatable bonds is 1. The summed E-state index contributed by atoms with van der Waals surface area (Å²) in [6.07, 6.45) is 11.9. The molecule has 1 heterocycles. The zero-order valence-electron chi connectivity index (χ0n) is 17.6. The Kier molecular flexibility index (Phi) is 4.45. The number of ether oxygens (including phenoxy) is 1. The summed E-state index contributed by atoms with van der Waals surface area (Å²) in [5.41, 5.74) is 1.84. The summed E-state index contributed by atoms with van der Waals surface area (Å²) in [6, 6.07) is 0. The predicted octanol–water partition coefficient (Wildman–Crippen LogP) is 5.33. The molecule has 1 spiro atoms. The van der Waals surface area contributed by atoms with Gasteiger partial charge >= 0.3 is 0 Å². The number of fused-ring (bicyclic) bond motifs is 6. The molecule has 5 rings (SSSR count). The Labute approximate surface area is 173 Å². The first-order chi connectivity index (χ1) is 13.3. The molecule has 0 N–H and O–H groups in total. The number of hydrogen-bond donors (Lipinski definition) is 0. The van der Waals surface area contributed by atoms with Gasteiger partial charge in [0, 0.05) is 25.2 Å². The van der Waals surface area contributed by atoms with Crippen LogP contribution in [0.2, 0.25) is 0 Å². The van der Waals surface area contributed by atoms with E-state index < -0.39 is 0 Å². The molecule has 1 aliphatic heterocycles. The van der Waals surface area contributed by atoms with Gasteiger partial charge in [0.25, 0.3) is 0 Å². The lowest BCUT2D eigenvalue weighted by Crippen LogP contribution is -2.57. The highest BCUT2D eigenvalue weighted by Crippen LogP contribution is 2.70. The fraction of sp³-hybridized carbons (Fsp3) is 0.833. The lowest BCUT2D eigenvalue weighted by atomic mass is 9.46. The highest BCUT2D eigenvalue weighted by atomic mass is 32.2. The SMILES string of the molecule is CC(=O)SC1CC2=CC(=O)CC[C@]2(C)[C@H]2CC[C@@]3(C)[C@@H](CC[C@@]34CCCO4)[C@H]12. The molecule has 0 aromatic carbocycles. The normalized spacial score (nSPS) is 50.1. The van der Waals surface area contributed by atoms with Gasteiger partial charge in [-0.3, -0.25) is 9.59 Å². The molecule has 0 radical (unpaired) electrons. The van der Waals surface area contributed by atoms with Crippen LogP contribution in [0.15, 0.2) is 11.6 Å². The van der Waals surface area contributed by atoms with Crippen molar-refractivity contribution in [2.75, 3.05) is 6.61 Å². The molecule has 0 amide bonds. The number of thioether (sulfide) groups is 1. The quantitative estimate of drug-likeness (QED) is 0.595. The van der Waals surface area contributed by atoms with E-state index in [2.05, 4.69) is 13.8 Å². The summed E-state index contributed by atoms with van der Waals surface area (Å²) >= 11 is 1.56. The predicted molar refractivity (Wildman–Crippen MR) is 112 cm³/mol. The third kappa shape index (κ3) is 2.52. The average Bonchev–Trinajstić information content (AvgIpc) is 3.23. The molecule has 3 nitrogen and oxygen atoms in total. The van der Waals surface area contributed by atoms with Crippen molar-refractivity contribution in [3.8, 4) is 0 Å². The number of carbonyl (C=O) groups is 2. The Morgan fingerprint density at radius 2 is 1.93 bits per heavy atom. The van der Waals surface area contributed by atoms with E-state index in [0.717, 1.165) is 19.4 Å². The maximum Gasteiger partial charge on any atom is 0.186 e. The minimum absolute atomic E-state index is 0.0909. The average molecular weight is 403 g/mol. The van der Waals surface area contributed by atoms with Crippen molar-refractivity contribution in [1.29, 1.82) is 0 Å². The third-order valence-electron chi connectivity index (χ3n) is 9.67. The molecule has 5 aliphatic rings. The summed E-state index contributed by atoms with van der Waals surface area (Å²) in [4.78, 5) is 24.4. The van der Waals surface area contributed by atoms with Gasteiger partial charge < -0.3 is 4.74 Å². The Hall–Kier alpha value is -0.610. The summed E-state index contributed by atoms with van der Waals surface area (Å²) in [7, 11) is 0. The molecule has 154 valence electrons. The molecule has 28 heavy (non-hydrogen) atoms. The lowest BCUT2D eigenvalue weighted by molar-refractivity contribution is -0.135. The first-order valence-corrected chi connectivity index (χ1v) is 12.2. The number of allylic oxidation sites excluding steroid dienone is 1. The third-order valence-corrected chi connectivity index (χ3v) is 10.8. The summed E-state index contributed by atoms with van der Waals surface area (Å²) in [5, 5.41) is 0.557. The fourth-order valence-corrected chi connectivity index (χ4v) is 9.50. The Bertz CT molecular complexity index is 736. The van der Waals surface area contributed by atoms with Gasteiger partial charge in [-0.05, 0) is 86.0 Å². The maximum absolute atomic E-state index is 12.2. The van der Waals surface area contributed by atoms with Gasteiger partial charge in [-0.25, -0.2) is 0 Å². The number of carbonyl (C=O) groups excluding carboxylic acids is 2. The Balaban J connectivity index is 1.56. The van der Waals surface area contributed by atoms with Gasteiger partial charge in [0.1, 0.15) is 0 Å². The molecule has 7 atom stereocenters. The monoisotopic (exact) mass is 402 g/mol. The Morgan fingerprint density at radius 3 is 2.64 bits per heavy atom. The van der Waals surface area contributed by atoms with Crippen LogP contribution in [0.5, 0.6) is 0 Å². The van der Waals surface area contributed by atoms with Gasteiger partial charge in [0.15, 0.2) is 10.9 Å². The van der Waals surface area contributed by atoms with Gasteiger partial charge in [0.05, 0.1) is 5.60 Å². The van der Waals surface area contributed by atoms with E-state index in [9.17, 15) is 9.59 Å². The van der Waals surface area contributed by atoms with Crippen LogP contribution in [-0.4, -0.2) is 28.4 Å². The highest BCUT2D eigenvalue weighted by molar-refractivity contribution is 8.14. The van der Waals surface area contributed by atoms with Crippen molar-refractivity contribution in [3.05, 3.63) is 11.6 Å². The second-order valence-electron chi connectivity index (χ2n) is 10.6. The van der Waals surface area contributed by atoms with Gasteiger partial charge in [-0.1, -0.05) is 31.2 Å². The van der Waals surface area contributed by atoms with Crippen molar-refractivity contribution in [3.63, 3.8) is 0 Å². The molecular weight excluding hydrogens is 368 g/mol. The van der Waals surface area contributed by atoms with Crippen LogP contribution >= 0.6 is 11.8 Å². The van der Waals surface area contributed by atoms with Crippen LogP contribution in [-0.2, 0) is 14.3 Å². The van der Waals surface area contributed by atoms with Crippen molar-refractivity contribution in [2.45, 2.75) is 89.4 Å². The first kappa shape index (κ1) is 19.4. The van der Waals surface area contributed by atoms with Crippen molar-refractivity contribution in [2.24, 2.45) is 28.6 Å². The van der Waals surface area contributed by atoms with E-state index in [1.807, 2.05) is 6.08 Å². The molecular formula is C24H34O3S. The molecule has 1 saturated heterocycles. The molecule has 3 saturated carbocycles. The van der Waals surface area contributed by atoms with Crippen LogP contribution in [0.3, 0.4) is 0 Å². The largest absolute Gasteiger partial charge is 0.374 e. The van der Waals surface area contributed by atoms with E-state index in [0.29, 0.717) is 29.4 Å². The molecule has 0 aromatic rings. The lowest BCUT2D eigenvalue weighted by Gasteiger charge is -2.61. The molecule has 4 aliphatic carbocycles. The van der Waals surface area contributed by atoms with Crippen LogP contribution in [0.25, 0.3) is 0 Å². The fourth-order valence-electron chi connectivity index (χ4n) is 8.27. The molecule has 0 aromatic heterocycles. The van der Waals surface area contributed by atoms with E-state index in [-0.39, 0.29) is 27.3 Å². The standard InChI is InChI=1S/C24H34O3S/c1-15(25)28-20-14-16-13-17(26)5-9-22(16,2)18-6-10-23(3)19(21(18)20)7-11-24(23)8-4-12-27-24/h13,18-21H,4-12,14H2,1-3H3/t18-,19-,20?,21+,22-,23-,24-/m0/s1. The summed E-state index contributed by atoms with van der Waals surface area (Å²) < 4.78 is 6.49. The highest BCUT2D eigenvalue weighted by Gasteiger charge is 2.67. The Morgan fingerprint density at radius 1 is 1.14 bits per heavy atom. The van der Waals surface area contributed by atoms with Crippen LogP contribution < -0.4 is 0 Å². The zero-order chi connectivity index (χ0) is 19.7. The second kappa shape index (κ2) is 6.44. The van der Waals surface area contributed by atoms with E-state index in [1.165, 1.54) is 44.1 Å². The second-order valence-corrected chi connectivity index (χ2v) is 12.1.